The predicted molar refractivity (Wildman–Crippen MR) is 48.4 cm³/mol. The van der Waals surface area contributed by atoms with Gasteiger partial charge in [0.2, 0.25) is 0 Å². The first-order valence-electron chi connectivity index (χ1n) is 4.30. The van der Waals surface area contributed by atoms with E-state index in [4.69, 9.17) is 4.74 Å². The van der Waals surface area contributed by atoms with Gasteiger partial charge in [-0.25, -0.2) is 0 Å². The van der Waals surface area contributed by atoms with Gasteiger partial charge in [-0.1, -0.05) is 0 Å². The predicted octanol–water partition coefficient (Wildman–Crippen LogP) is 0.333. The Hall–Kier alpha value is -1.10. The summed E-state index contributed by atoms with van der Waals surface area (Å²) < 4.78 is 13.9. The highest BCUT2D eigenvalue weighted by atomic mass is 16.5. The zero-order chi connectivity index (χ0) is 10.8. The fourth-order valence-corrected chi connectivity index (χ4v) is 0.692. The first-order valence-corrected chi connectivity index (χ1v) is 4.30. The van der Waals surface area contributed by atoms with Gasteiger partial charge in [0.05, 0.1) is 26.1 Å². The average molecular weight is 203 g/mol. The summed E-state index contributed by atoms with van der Waals surface area (Å²) in [5, 5.41) is 0. The molecule has 81 valence electrons. The Morgan fingerprint density at radius 2 is 1.64 bits per heavy atom. The SMILES string of the molecule is [CH2]COC(=O)CCOC(=O)CCOC. The van der Waals surface area contributed by atoms with Crippen LogP contribution in [0.25, 0.3) is 0 Å². The van der Waals surface area contributed by atoms with Gasteiger partial charge in [0.15, 0.2) is 0 Å². The van der Waals surface area contributed by atoms with E-state index in [0.717, 1.165) is 0 Å². The summed E-state index contributed by atoms with van der Waals surface area (Å²) >= 11 is 0. The fraction of sp³-hybridized carbons (Fsp3) is 0.667. The van der Waals surface area contributed by atoms with E-state index in [1.807, 2.05) is 0 Å². The molecule has 0 saturated carbocycles. The zero-order valence-electron chi connectivity index (χ0n) is 8.28. The maximum Gasteiger partial charge on any atom is 0.309 e. The molecule has 0 rings (SSSR count). The summed E-state index contributed by atoms with van der Waals surface area (Å²) in [4.78, 5) is 21.6. The fourth-order valence-electron chi connectivity index (χ4n) is 0.692. The lowest BCUT2D eigenvalue weighted by Crippen LogP contribution is -2.13. The van der Waals surface area contributed by atoms with Crippen molar-refractivity contribution in [1.82, 2.24) is 0 Å². The molecule has 1 radical (unpaired) electrons. The standard InChI is InChI=1S/C9H15O5/c1-3-13-8(10)5-7-14-9(11)4-6-12-2/h1,3-7H2,2H3. The number of carbonyl (C=O) groups is 2. The van der Waals surface area contributed by atoms with Crippen LogP contribution in [0.2, 0.25) is 0 Å². The number of ether oxygens (including phenoxy) is 3. The van der Waals surface area contributed by atoms with Crippen molar-refractivity contribution in [3.8, 4) is 0 Å². The van der Waals surface area contributed by atoms with Crippen LogP contribution in [0.5, 0.6) is 0 Å². The third kappa shape index (κ3) is 7.54. The molecule has 0 amide bonds. The van der Waals surface area contributed by atoms with Crippen molar-refractivity contribution in [2.24, 2.45) is 0 Å². The Morgan fingerprint density at radius 3 is 2.21 bits per heavy atom. The van der Waals surface area contributed by atoms with Crippen LogP contribution in [-0.2, 0) is 23.8 Å². The molecule has 0 aromatic rings. The van der Waals surface area contributed by atoms with Crippen LogP contribution in [0.15, 0.2) is 0 Å². The lowest BCUT2D eigenvalue weighted by atomic mass is 10.4. The highest BCUT2D eigenvalue weighted by molar-refractivity contribution is 5.71. The van der Waals surface area contributed by atoms with Crippen LogP contribution in [0, 0.1) is 6.92 Å². The first kappa shape index (κ1) is 12.9. The molecular weight excluding hydrogens is 188 g/mol. The second kappa shape index (κ2) is 8.50. The van der Waals surface area contributed by atoms with E-state index in [9.17, 15) is 9.59 Å². The van der Waals surface area contributed by atoms with Gasteiger partial charge in [-0.05, 0) is 6.92 Å². The number of rotatable bonds is 7. The number of carbonyl (C=O) groups excluding carboxylic acids is 2. The number of hydrogen-bond donors (Lipinski definition) is 0. The Morgan fingerprint density at radius 1 is 1.07 bits per heavy atom. The second-order valence-corrected chi connectivity index (χ2v) is 2.43. The van der Waals surface area contributed by atoms with Gasteiger partial charge >= 0.3 is 11.9 Å². The van der Waals surface area contributed by atoms with Gasteiger partial charge in [0, 0.05) is 7.11 Å². The molecule has 0 aromatic carbocycles. The van der Waals surface area contributed by atoms with Crippen molar-refractivity contribution in [3.05, 3.63) is 6.92 Å². The molecule has 14 heavy (non-hydrogen) atoms. The summed E-state index contributed by atoms with van der Waals surface area (Å²) in [5.41, 5.74) is 0. The van der Waals surface area contributed by atoms with E-state index in [-0.39, 0.29) is 32.0 Å². The maximum atomic E-state index is 10.9. The Labute approximate surface area is 83.3 Å². The van der Waals surface area contributed by atoms with Crippen molar-refractivity contribution >= 4 is 11.9 Å². The van der Waals surface area contributed by atoms with Crippen LogP contribution < -0.4 is 0 Å². The average Bonchev–Trinajstić information content (AvgIpc) is 2.15. The highest BCUT2D eigenvalue weighted by Gasteiger charge is 2.05. The molecule has 0 spiro atoms. The Kier molecular flexibility index (Phi) is 7.83. The normalized spacial score (nSPS) is 9.57. The van der Waals surface area contributed by atoms with Crippen LogP contribution in [-0.4, -0.2) is 38.9 Å². The van der Waals surface area contributed by atoms with E-state index in [0.29, 0.717) is 6.61 Å². The molecule has 5 heteroatoms. The van der Waals surface area contributed by atoms with Gasteiger partial charge in [-0.15, -0.1) is 0 Å². The molecule has 0 heterocycles. The van der Waals surface area contributed by atoms with Gasteiger partial charge in [-0.2, -0.15) is 0 Å². The monoisotopic (exact) mass is 203 g/mol. The molecule has 0 unspecified atom stereocenters. The van der Waals surface area contributed by atoms with Gasteiger partial charge in [-0.3, -0.25) is 9.59 Å². The summed E-state index contributed by atoms with van der Waals surface area (Å²) in [6, 6.07) is 0. The molecule has 0 aromatic heterocycles. The van der Waals surface area contributed by atoms with Gasteiger partial charge < -0.3 is 14.2 Å². The van der Waals surface area contributed by atoms with E-state index >= 15 is 0 Å². The molecule has 0 atom stereocenters. The molecule has 0 aliphatic carbocycles. The summed E-state index contributed by atoms with van der Waals surface area (Å²) in [6.07, 6.45) is 0.259. The van der Waals surface area contributed by atoms with Crippen molar-refractivity contribution in [2.45, 2.75) is 12.8 Å². The second-order valence-electron chi connectivity index (χ2n) is 2.43. The lowest BCUT2D eigenvalue weighted by Gasteiger charge is -2.03. The molecule has 0 bridgehead atoms. The van der Waals surface area contributed by atoms with Crippen molar-refractivity contribution in [2.75, 3.05) is 26.9 Å². The molecule has 0 aliphatic heterocycles. The molecule has 0 fully saturated rings. The quantitative estimate of drug-likeness (QED) is 0.558. The minimum Gasteiger partial charge on any atom is -0.466 e. The van der Waals surface area contributed by atoms with Crippen molar-refractivity contribution < 1.29 is 23.8 Å². The number of esters is 2. The highest BCUT2D eigenvalue weighted by Crippen LogP contribution is 1.91. The molecule has 0 saturated heterocycles. The topological polar surface area (TPSA) is 61.8 Å². The zero-order valence-corrected chi connectivity index (χ0v) is 8.28. The first-order chi connectivity index (χ1) is 6.70. The largest absolute Gasteiger partial charge is 0.466 e. The maximum absolute atomic E-state index is 10.9. The summed E-state index contributed by atoms with van der Waals surface area (Å²) in [5.74, 6) is -0.797. The smallest absolute Gasteiger partial charge is 0.309 e. The molecular formula is C9H15O5. The minimum absolute atomic E-state index is 0.0430. The lowest BCUT2D eigenvalue weighted by molar-refractivity contribution is -0.149. The number of hydrogen-bond acceptors (Lipinski definition) is 5. The Balaban J connectivity index is 3.34. The van der Waals surface area contributed by atoms with E-state index < -0.39 is 5.97 Å². The van der Waals surface area contributed by atoms with Gasteiger partial charge in [0.1, 0.15) is 6.61 Å². The number of methoxy groups -OCH3 is 1. The molecule has 5 nitrogen and oxygen atoms in total. The van der Waals surface area contributed by atoms with Crippen molar-refractivity contribution in [1.29, 1.82) is 0 Å². The Bertz CT molecular complexity index is 178. The van der Waals surface area contributed by atoms with Crippen LogP contribution in [0.4, 0.5) is 0 Å². The van der Waals surface area contributed by atoms with Crippen LogP contribution >= 0.6 is 0 Å². The molecule has 0 aliphatic rings. The van der Waals surface area contributed by atoms with Crippen LogP contribution in [0.1, 0.15) is 12.8 Å². The van der Waals surface area contributed by atoms with E-state index in [1.54, 1.807) is 0 Å². The molecule has 0 N–H and O–H groups in total. The van der Waals surface area contributed by atoms with Crippen LogP contribution in [0.3, 0.4) is 0 Å². The summed E-state index contributed by atoms with van der Waals surface area (Å²) in [7, 11) is 1.50. The summed E-state index contributed by atoms with van der Waals surface area (Å²) in [6.45, 7) is 3.80. The van der Waals surface area contributed by atoms with E-state index in [2.05, 4.69) is 16.4 Å². The third-order valence-electron chi connectivity index (χ3n) is 1.34. The van der Waals surface area contributed by atoms with Crippen molar-refractivity contribution in [3.63, 3.8) is 0 Å². The van der Waals surface area contributed by atoms with E-state index in [1.165, 1.54) is 7.11 Å². The minimum atomic E-state index is -0.417. The third-order valence-corrected chi connectivity index (χ3v) is 1.34. The van der Waals surface area contributed by atoms with Gasteiger partial charge in [0.25, 0.3) is 0 Å².